The minimum Gasteiger partial charge on any atom is -0.497 e. The van der Waals surface area contributed by atoms with Crippen LogP contribution in [0.5, 0.6) is 11.5 Å². The van der Waals surface area contributed by atoms with Gasteiger partial charge in [-0.1, -0.05) is 0 Å². The number of likely N-dealkylation sites (tertiary alicyclic amines) is 1. The van der Waals surface area contributed by atoms with E-state index in [1.807, 2.05) is 0 Å². The Kier molecular flexibility index (Phi) is 4.54. The van der Waals surface area contributed by atoms with E-state index in [4.69, 9.17) is 13.9 Å². The van der Waals surface area contributed by atoms with Crippen molar-refractivity contribution in [1.29, 1.82) is 0 Å². The number of urea groups is 1. The molecular formula is C16H20N4O4. The number of nitrogens with one attached hydrogen (secondary N) is 1. The smallest absolute Gasteiger partial charge is 0.321 e. The molecule has 1 atom stereocenters. The van der Waals surface area contributed by atoms with Gasteiger partial charge in [-0.25, -0.2) is 4.79 Å². The molecule has 2 aromatic rings. The van der Waals surface area contributed by atoms with Crippen LogP contribution in [0.25, 0.3) is 0 Å². The number of amides is 2. The first-order chi connectivity index (χ1) is 11.6. The predicted octanol–water partition coefficient (Wildman–Crippen LogP) is 2.42. The van der Waals surface area contributed by atoms with E-state index in [-0.39, 0.29) is 11.9 Å². The number of aromatic nitrogens is 2. The summed E-state index contributed by atoms with van der Waals surface area (Å²) >= 11 is 0. The number of carbonyl (C=O) groups is 1. The monoisotopic (exact) mass is 332 g/mol. The Morgan fingerprint density at radius 1 is 1.25 bits per heavy atom. The van der Waals surface area contributed by atoms with E-state index in [9.17, 15) is 4.79 Å². The fraction of sp³-hybridized carbons (Fsp3) is 0.438. The predicted molar refractivity (Wildman–Crippen MR) is 86.5 cm³/mol. The van der Waals surface area contributed by atoms with Crippen molar-refractivity contribution in [1.82, 2.24) is 15.1 Å². The molecule has 0 saturated carbocycles. The summed E-state index contributed by atoms with van der Waals surface area (Å²) in [6, 6.07) is 5.06. The first-order valence-electron chi connectivity index (χ1n) is 7.68. The zero-order valence-corrected chi connectivity index (χ0v) is 13.9. The highest BCUT2D eigenvalue weighted by Gasteiger charge is 2.30. The molecule has 8 nitrogen and oxygen atoms in total. The van der Waals surface area contributed by atoms with Crippen LogP contribution in [-0.4, -0.2) is 48.4 Å². The fourth-order valence-electron chi connectivity index (χ4n) is 2.71. The quantitative estimate of drug-likeness (QED) is 0.925. The van der Waals surface area contributed by atoms with Gasteiger partial charge in [0, 0.05) is 43.9 Å². The van der Waals surface area contributed by atoms with Gasteiger partial charge in [0.05, 0.1) is 20.1 Å². The first-order valence-corrected chi connectivity index (χ1v) is 7.68. The van der Waals surface area contributed by atoms with Gasteiger partial charge in [0.1, 0.15) is 11.5 Å². The Bertz CT molecular complexity index is 708. The maximum Gasteiger partial charge on any atom is 0.321 e. The maximum atomic E-state index is 12.5. The van der Waals surface area contributed by atoms with E-state index in [0.717, 1.165) is 6.42 Å². The summed E-state index contributed by atoms with van der Waals surface area (Å²) in [5, 5.41) is 10.8. The molecule has 3 rings (SSSR count). The highest BCUT2D eigenvalue weighted by atomic mass is 16.5. The number of aryl methyl sites for hydroxylation is 1. The molecule has 1 saturated heterocycles. The molecular weight excluding hydrogens is 312 g/mol. The van der Waals surface area contributed by atoms with Gasteiger partial charge >= 0.3 is 6.03 Å². The van der Waals surface area contributed by atoms with Gasteiger partial charge in [0.25, 0.3) is 0 Å². The lowest BCUT2D eigenvalue weighted by Crippen LogP contribution is -2.32. The summed E-state index contributed by atoms with van der Waals surface area (Å²) in [6.45, 7) is 2.94. The Morgan fingerprint density at radius 2 is 1.96 bits per heavy atom. The maximum absolute atomic E-state index is 12.5. The van der Waals surface area contributed by atoms with Gasteiger partial charge in [-0.05, 0) is 6.42 Å². The lowest BCUT2D eigenvalue weighted by atomic mass is 10.1. The number of hydrogen-bond acceptors (Lipinski definition) is 6. The van der Waals surface area contributed by atoms with Gasteiger partial charge in [0.15, 0.2) is 0 Å². The third kappa shape index (κ3) is 3.42. The van der Waals surface area contributed by atoms with Gasteiger partial charge in [-0.2, -0.15) is 0 Å². The highest BCUT2D eigenvalue weighted by Crippen LogP contribution is 2.28. The van der Waals surface area contributed by atoms with Crippen molar-refractivity contribution in [2.45, 2.75) is 19.3 Å². The van der Waals surface area contributed by atoms with E-state index in [1.54, 1.807) is 44.2 Å². The van der Waals surface area contributed by atoms with Crippen LogP contribution in [0.4, 0.5) is 10.5 Å². The van der Waals surface area contributed by atoms with Gasteiger partial charge in [-0.15, -0.1) is 10.2 Å². The minimum atomic E-state index is -0.177. The third-order valence-corrected chi connectivity index (χ3v) is 3.97. The van der Waals surface area contributed by atoms with Crippen LogP contribution in [0.1, 0.15) is 24.1 Å². The molecule has 1 aromatic carbocycles. The number of methoxy groups -OCH3 is 2. The van der Waals surface area contributed by atoms with Crippen molar-refractivity contribution < 1.29 is 18.7 Å². The summed E-state index contributed by atoms with van der Waals surface area (Å²) in [4.78, 5) is 14.2. The summed E-state index contributed by atoms with van der Waals surface area (Å²) in [7, 11) is 3.13. The number of carbonyl (C=O) groups excluding carboxylic acids is 1. The molecule has 128 valence electrons. The van der Waals surface area contributed by atoms with Crippen molar-refractivity contribution in [3.8, 4) is 11.5 Å². The molecule has 0 radical (unpaired) electrons. The highest BCUT2D eigenvalue weighted by molar-refractivity contribution is 5.90. The Balaban J connectivity index is 1.65. The van der Waals surface area contributed by atoms with Crippen molar-refractivity contribution in [2.24, 2.45) is 0 Å². The lowest BCUT2D eigenvalue weighted by molar-refractivity contribution is 0.221. The zero-order chi connectivity index (χ0) is 17.1. The molecule has 2 heterocycles. The van der Waals surface area contributed by atoms with Crippen LogP contribution >= 0.6 is 0 Å². The summed E-state index contributed by atoms with van der Waals surface area (Å²) < 4.78 is 15.9. The summed E-state index contributed by atoms with van der Waals surface area (Å²) in [5.74, 6) is 2.44. The minimum absolute atomic E-state index is 0.0804. The van der Waals surface area contributed by atoms with E-state index >= 15 is 0 Å². The second-order valence-electron chi connectivity index (χ2n) is 5.62. The first kappa shape index (κ1) is 16.1. The lowest BCUT2D eigenvalue weighted by Gasteiger charge is -2.17. The van der Waals surface area contributed by atoms with E-state index in [1.165, 1.54) is 0 Å². The van der Waals surface area contributed by atoms with Crippen LogP contribution in [0.3, 0.4) is 0 Å². The number of ether oxygens (including phenoxy) is 2. The Morgan fingerprint density at radius 3 is 2.54 bits per heavy atom. The largest absolute Gasteiger partial charge is 0.497 e. The van der Waals surface area contributed by atoms with E-state index in [0.29, 0.717) is 42.1 Å². The van der Waals surface area contributed by atoms with Crippen LogP contribution in [0, 0.1) is 6.92 Å². The van der Waals surface area contributed by atoms with Crippen LogP contribution < -0.4 is 14.8 Å². The van der Waals surface area contributed by atoms with Crippen LogP contribution in [-0.2, 0) is 0 Å². The second-order valence-corrected chi connectivity index (χ2v) is 5.62. The molecule has 0 bridgehead atoms. The normalized spacial score (nSPS) is 17.0. The standard InChI is InChI=1S/C16H20N4O4/c1-10-18-19-15(24-10)11-4-5-20(9-11)16(21)17-12-6-13(22-2)8-14(7-12)23-3/h6-8,11H,4-5,9H2,1-3H3,(H,17,21)/t11-/m0/s1. The summed E-state index contributed by atoms with van der Waals surface area (Å²) in [6.07, 6.45) is 0.802. The molecule has 0 aliphatic carbocycles. The number of benzene rings is 1. The summed E-state index contributed by atoms with van der Waals surface area (Å²) in [5.41, 5.74) is 0.619. The van der Waals surface area contributed by atoms with Crippen molar-refractivity contribution in [2.75, 3.05) is 32.6 Å². The van der Waals surface area contributed by atoms with Gasteiger partial charge in [0.2, 0.25) is 11.8 Å². The molecule has 1 aliphatic heterocycles. The van der Waals surface area contributed by atoms with Gasteiger partial charge < -0.3 is 24.1 Å². The molecule has 0 spiro atoms. The van der Waals surface area contributed by atoms with Crippen LogP contribution in [0.2, 0.25) is 0 Å². The number of rotatable bonds is 4. The Hall–Kier alpha value is -2.77. The molecule has 1 aromatic heterocycles. The molecule has 1 aliphatic rings. The number of hydrogen-bond donors (Lipinski definition) is 1. The van der Waals surface area contributed by atoms with E-state index in [2.05, 4.69) is 15.5 Å². The van der Waals surface area contributed by atoms with Crippen LogP contribution in [0.15, 0.2) is 22.6 Å². The fourth-order valence-corrected chi connectivity index (χ4v) is 2.71. The second kappa shape index (κ2) is 6.77. The van der Waals surface area contributed by atoms with Crippen molar-refractivity contribution in [3.05, 3.63) is 30.0 Å². The number of nitrogens with zero attached hydrogens (tertiary/aromatic N) is 3. The molecule has 1 N–H and O–H groups in total. The average Bonchev–Trinajstić information content (AvgIpc) is 3.23. The topological polar surface area (TPSA) is 89.7 Å². The molecule has 8 heteroatoms. The SMILES string of the molecule is COc1cc(NC(=O)N2CC[C@H](c3nnc(C)o3)C2)cc(OC)c1. The molecule has 2 amide bonds. The van der Waals surface area contributed by atoms with Crippen molar-refractivity contribution >= 4 is 11.7 Å². The molecule has 1 fully saturated rings. The third-order valence-electron chi connectivity index (χ3n) is 3.97. The average molecular weight is 332 g/mol. The van der Waals surface area contributed by atoms with Gasteiger partial charge in [-0.3, -0.25) is 0 Å². The van der Waals surface area contributed by atoms with E-state index < -0.39 is 0 Å². The molecule has 24 heavy (non-hydrogen) atoms. The Labute approximate surface area is 139 Å². The number of anilines is 1. The molecule has 0 unspecified atom stereocenters. The zero-order valence-electron chi connectivity index (χ0n) is 13.9. The van der Waals surface area contributed by atoms with Crippen molar-refractivity contribution in [3.63, 3.8) is 0 Å².